The molecule has 0 bridgehead atoms. The summed E-state index contributed by atoms with van der Waals surface area (Å²) in [5, 5.41) is 3.22. The van der Waals surface area contributed by atoms with Crippen LogP contribution in [0.4, 0.5) is 0 Å². The molecular formula is C14H28N2O. The van der Waals surface area contributed by atoms with Gasteiger partial charge in [0.1, 0.15) is 0 Å². The van der Waals surface area contributed by atoms with Crippen LogP contribution in [0.2, 0.25) is 0 Å². The lowest BCUT2D eigenvalue weighted by atomic mass is 9.78. The Balaban J connectivity index is 2.91. The fourth-order valence-corrected chi connectivity index (χ4v) is 2.93. The zero-order chi connectivity index (χ0) is 13.1. The van der Waals surface area contributed by atoms with Crippen molar-refractivity contribution in [2.45, 2.75) is 65.5 Å². The summed E-state index contributed by atoms with van der Waals surface area (Å²) < 4.78 is 0. The Morgan fingerprint density at radius 1 is 1.35 bits per heavy atom. The fraction of sp³-hybridized carbons (Fsp3) is 0.929. The second-order valence-corrected chi connectivity index (χ2v) is 6.18. The molecule has 0 aromatic carbocycles. The van der Waals surface area contributed by atoms with Crippen LogP contribution < -0.4 is 5.32 Å². The normalized spacial score (nSPS) is 26.1. The maximum atomic E-state index is 12.2. The van der Waals surface area contributed by atoms with Gasteiger partial charge in [0.15, 0.2) is 0 Å². The van der Waals surface area contributed by atoms with Crippen LogP contribution in [0.15, 0.2) is 0 Å². The highest BCUT2D eigenvalue weighted by atomic mass is 16.2. The van der Waals surface area contributed by atoms with Crippen molar-refractivity contribution in [1.29, 1.82) is 0 Å². The molecule has 1 saturated heterocycles. The Kier molecular flexibility index (Phi) is 4.99. The van der Waals surface area contributed by atoms with Crippen molar-refractivity contribution < 1.29 is 4.79 Å². The van der Waals surface area contributed by atoms with Gasteiger partial charge in [0.2, 0.25) is 5.91 Å². The van der Waals surface area contributed by atoms with Crippen LogP contribution in [0, 0.1) is 5.41 Å². The summed E-state index contributed by atoms with van der Waals surface area (Å²) in [4.78, 5) is 14.4. The van der Waals surface area contributed by atoms with E-state index >= 15 is 0 Å². The lowest BCUT2D eigenvalue weighted by Crippen LogP contribution is -2.57. The molecule has 1 heterocycles. The number of piperidine rings is 1. The molecule has 0 aliphatic carbocycles. The summed E-state index contributed by atoms with van der Waals surface area (Å²) in [6, 6.07) is 0.771. The van der Waals surface area contributed by atoms with Crippen LogP contribution in [0.5, 0.6) is 0 Å². The maximum Gasteiger partial charge on any atom is 0.222 e. The van der Waals surface area contributed by atoms with Crippen molar-refractivity contribution in [3.63, 3.8) is 0 Å². The average molecular weight is 240 g/mol. The summed E-state index contributed by atoms with van der Waals surface area (Å²) in [7, 11) is 1.97. The Bertz CT molecular complexity index is 255. The molecule has 17 heavy (non-hydrogen) atoms. The zero-order valence-electron chi connectivity index (χ0n) is 12.0. The Morgan fingerprint density at radius 2 is 2.00 bits per heavy atom. The molecule has 2 unspecified atom stereocenters. The molecule has 3 nitrogen and oxygen atoms in total. The van der Waals surface area contributed by atoms with Gasteiger partial charge in [0.05, 0.1) is 0 Å². The third kappa shape index (κ3) is 3.44. The van der Waals surface area contributed by atoms with Gasteiger partial charge in [-0.15, -0.1) is 0 Å². The van der Waals surface area contributed by atoms with Gasteiger partial charge >= 0.3 is 0 Å². The maximum absolute atomic E-state index is 12.2. The molecule has 1 rings (SSSR count). The van der Waals surface area contributed by atoms with Crippen molar-refractivity contribution in [1.82, 2.24) is 10.2 Å². The Labute approximate surface area is 106 Å². The predicted molar refractivity (Wildman–Crippen MR) is 71.9 cm³/mol. The summed E-state index contributed by atoms with van der Waals surface area (Å²) in [5.74, 6) is 0.310. The highest BCUT2D eigenvalue weighted by molar-refractivity contribution is 5.76. The molecule has 2 atom stereocenters. The van der Waals surface area contributed by atoms with Gasteiger partial charge < -0.3 is 10.2 Å². The summed E-state index contributed by atoms with van der Waals surface area (Å²) in [6.45, 7) is 9.62. The van der Waals surface area contributed by atoms with Crippen molar-refractivity contribution in [3.8, 4) is 0 Å². The first-order chi connectivity index (χ1) is 7.91. The highest BCUT2D eigenvalue weighted by Gasteiger charge is 2.39. The topological polar surface area (TPSA) is 32.3 Å². The molecule has 0 aromatic heterocycles. The van der Waals surface area contributed by atoms with Gasteiger partial charge in [-0.2, -0.15) is 0 Å². The number of carbonyl (C=O) groups excluding carboxylic acids is 1. The summed E-state index contributed by atoms with van der Waals surface area (Å²) in [6.07, 6.45) is 4.14. The molecule has 1 N–H and O–H groups in total. The fourth-order valence-electron chi connectivity index (χ4n) is 2.93. The predicted octanol–water partition coefficient (Wildman–Crippen LogP) is 2.41. The van der Waals surface area contributed by atoms with E-state index in [0.29, 0.717) is 24.4 Å². The number of likely N-dealkylation sites (tertiary alicyclic amines) is 1. The van der Waals surface area contributed by atoms with E-state index < -0.39 is 0 Å². The molecule has 1 aliphatic heterocycles. The minimum Gasteiger partial charge on any atom is -0.335 e. The summed E-state index contributed by atoms with van der Waals surface area (Å²) >= 11 is 0. The van der Waals surface area contributed by atoms with Crippen LogP contribution in [-0.4, -0.2) is 36.5 Å². The number of nitrogens with one attached hydrogen (secondary N) is 1. The number of hydrogen-bond donors (Lipinski definition) is 1. The van der Waals surface area contributed by atoms with Crippen LogP contribution >= 0.6 is 0 Å². The van der Waals surface area contributed by atoms with Gasteiger partial charge in [-0.25, -0.2) is 0 Å². The molecule has 0 saturated carbocycles. The van der Waals surface area contributed by atoms with E-state index in [1.54, 1.807) is 0 Å². The quantitative estimate of drug-likeness (QED) is 0.821. The van der Waals surface area contributed by atoms with Gasteiger partial charge in [0.25, 0.3) is 0 Å². The van der Waals surface area contributed by atoms with Gasteiger partial charge in [0, 0.05) is 25.0 Å². The van der Waals surface area contributed by atoms with E-state index in [-0.39, 0.29) is 5.41 Å². The van der Waals surface area contributed by atoms with E-state index in [9.17, 15) is 4.79 Å². The molecule has 1 fully saturated rings. The highest BCUT2D eigenvalue weighted by Crippen LogP contribution is 2.34. The monoisotopic (exact) mass is 240 g/mol. The number of nitrogens with zero attached hydrogens (tertiary/aromatic N) is 1. The van der Waals surface area contributed by atoms with E-state index in [1.165, 1.54) is 6.42 Å². The standard InChI is InChI=1S/C14H28N2O/c1-6-13(17)16-11(10-15-5)8-7-9-12(16)14(2,3)4/h11-12,15H,6-10H2,1-5H3. The third-order valence-electron chi connectivity index (χ3n) is 3.77. The smallest absolute Gasteiger partial charge is 0.222 e. The van der Waals surface area contributed by atoms with Crippen molar-refractivity contribution in [2.75, 3.05) is 13.6 Å². The number of rotatable bonds is 3. The van der Waals surface area contributed by atoms with Gasteiger partial charge in [-0.05, 0) is 31.7 Å². The number of likely N-dealkylation sites (N-methyl/N-ethyl adjacent to an activating group) is 1. The van der Waals surface area contributed by atoms with E-state index in [2.05, 4.69) is 31.0 Å². The first kappa shape index (κ1) is 14.5. The summed E-state index contributed by atoms with van der Waals surface area (Å²) in [5.41, 5.74) is 0.178. The lowest BCUT2D eigenvalue weighted by molar-refractivity contribution is -0.141. The number of amides is 1. The lowest BCUT2D eigenvalue weighted by Gasteiger charge is -2.48. The minimum absolute atomic E-state index is 0.178. The molecule has 0 spiro atoms. The average Bonchev–Trinajstić information content (AvgIpc) is 2.27. The van der Waals surface area contributed by atoms with Crippen LogP contribution in [0.1, 0.15) is 53.4 Å². The second-order valence-electron chi connectivity index (χ2n) is 6.18. The first-order valence-electron chi connectivity index (χ1n) is 6.87. The Morgan fingerprint density at radius 3 is 2.47 bits per heavy atom. The molecule has 1 aliphatic rings. The number of hydrogen-bond acceptors (Lipinski definition) is 2. The largest absolute Gasteiger partial charge is 0.335 e. The molecule has 100 valence electrons. The van der Waals surface area contributed by atoms with Crippen molar-refractivity contribution in [2.24, 2.45) is 5.41 Å². The van der Waals surface area contributed by atoms with Crippen LogP contribution in [0.3, 0.4) is 0 Å². The molecule has 1 amide bonds. The second kappa shape index (κ2) is 5.85. The van der Waals surface area contributed by atoms with Crippen molar-refractivity contribution in [3.05, 3.63) is 0 Å². The number of carbonyl (C=O) groups is 1. The third-order valence-corrected chi connectivity index (χ3v) is 3.77. The molecule has 0 aromatic rings. The molecular weight excluding hydrogens is 212 g/mol. The van der Waals surface area contributed by atoms with Crippen LogP contribution in [-0.2, 0) is 4.79 Å². The van der Waals surface area contributed by atoms with Crippen molar-refractivity contribution >= 4 is 5.91 Å². The van der Waals surface area contributed by atoms with Gasteiger partial charge in [-0.1, -0.05) is 27.7 Å². The van der Waals surface area contributed by atoms with E-state index in [1.807, 2.05) is 14.0 Å². The minimum atomic E-state index is 0.178. The first-order valence-corrected chi connectivity index (χ1v) is 6.87. The molecule has 0 radical (unpaired) electrons. The van der Waals surface area contributed by atoms with E-state index in [0.717, 1.165) is 19.4 Å². The van der Waals surface area contributed by atoms with Gasteiger partial charge in [-0.3, -0.25) is 4.79 Å². The zero-order valence-corrected chi connectivity index (χ0v) is 12.0. The SMILES string of the molecule is CCC(=O)N1C(CNC)CCCC1C(C)(C)C. The van der Waals surface area contributed by atoms with E-state index in [4.69, 9.17) is 0 Å². The molecule has 3 heteroatoms. The van der Waals surface area contributed by atoms with Crippen LogP contribution in [0.25, 0.3) is 0 Å². The Hall–Kier alpha value is -0.570.